The summed E-state index contributed by atoms with van der Waals surface area (Å²) in [6.07, 6.45) is 7.54. The molecule has 1 aliphatic carbocycles. The maximum Gasteiger partial charge on any atom is 0.288 e. The van der Waals surface area contributed by atoms with Crippen LogP contribution < -0.4 is 10.5 Å². The molecule has 1 aromatic heterocycles. The van der Waals surface area contributed by atoms with Crippen LogP contribution in [0.4, 0.5) is 10.8 Å². The molecule has 0 bridgehead atoms. The van der Waals surface area contributed by atoms with E-state index in [1.54, 1.807) is 0 Å². The average Bonchev–Trinajstić information content (AvgIpc) is 2.73. The molecule has 4 rings (SSSR count). The number of hydrogen-bond donors (Lipinski definition) is 0. The van der Waals surface area contributed by atoms with Crippen molar-refractivity contribution < 1.29 is 13.3 Å². The molecular formula is C20H26N4O5S2. The van der Waals surface area contributed by atoms with E-state index in [0.29, 0.717) is 18.2 Å². The molecule has 0 spiro atoms. The normalized spacial score (nSPS) is 19.1. The molecule has 2 aliphatic rings. The number of aromatic nitrogens is 1. The topological polar surface area (TPSA) is 114 Å². The van der Waals surface area contributed by atoms with Crippen LogP contribution >= 0.6 is 11.3 Å². The van der Waals surface area contributed by atoms with Gasteiger partial charge in [-0.3, -0.25) is 19.8 Å². The smallest absolute Gasteiger partial charge is 0.288 e. The summed E-state index contributed by atoms with van der Waals surface area (Å²) in [6.45, 7) is 4.25. The van der Waals surface area contributed by atoms with Crippen molar-refractivity contribution in [1.82, 2.24) is 9.88 Å². The summed E-state index contributed by atoms with van der Waals surface area (Å²) >= 11 is 1.08. The lowest BCUT2D eigenvalue weighted by molar-refractivity contribution is -0.383. The summed E-state index contributed by atoms with van der Waals surface area (Å²) in [4.78, 5) is 32.0. The van der Waals surface area contributed by atoms with Crippen LogP contribution in [0.25, 0.3) is 10.1 Å². The third-order valence-corrected chi connectivity index (χ3v) is 8.43. The Hall–Kier alpha value is -2.11. The van der Waals surface area contributed by atoms with Gasteiger partial charge in [-0.1, -0.05) is 30.6 Å². The van der Waals surface area contributed by atoms with Gasteiger partial charge in [0.15, 0.2) is 15.0 Å². The zero-order valence-electron chi connectivity index (χ0n) is 17.4. The van der Waals surface area contributed by atoms with Gasteiger partial charge in [0, 0.05) is 45.0 Å². The van der Waals surface area contributed by atoms with E-state index in [2.05, 4.69) is 9.88 Å². The number of rotatable bonds is 5. The van der Waals surface area contributed by atoms with Gasteiger partial charge in [0.1, 0.15) is 4.70 Å². The third-order valence-electron chi connectivity index (χ3n) is 6.17. The Morgan fingerprint density at radius 2 is 1.84 bits per heavy atom. The van der Waals surface area contributed by atoms with Gasteiger partial charge in [-0.05, 0) is 24.8 Å². The van der Waals surface area contributed by atoms with Crippen LogP contribution in [0.15, 0.2) is 21.8 Å². The quantitative estimate of drug-likeness (QED) is 0.488. The molecule has 1 saturated heterocycles. The molecule has 2 aromatic rings. The van der Waals surface area contributed by atoms with Crippen molar-refractivity contribution in [3.63, 3.8) is 0 Å². The molecule has 0 unspecified atom stereocenters. The van der Waals surface area contributed by atoms with Crippen LogP contribution in [0, 0.1) is 16.0 Å². The number of benzene rings is 1. The van der Waals surface area contributed by atoms with E-state index in [9.17, 15) is 23.3 Å². The van der Waals surface area contributed by atoms with E-state index in [-0.39, 0.29) is 20.7 Å². The summed E-state index contributed by atoms with van der Waals surface area (Å²) in [5, 5.41) is 12.0. The molecule has 9 nitrogen and oxygen atoms in total. The van der Waals surface area contributed by atoms with Gasteiger partial charge in [0.05, 0.1) is 15.2 Å². The lowest BCUT2D eigenvalue weighted by atomic mass is 9.89. The van der Waals surface area contributed by atoms with Gasteiger partial charge >= 0.3 is 0 Å². The van der Waals surface area contributed by atoms with Crippen LogP contribution in [0.3, 0.4) is 0 Å². The Morgan fingerprint density at radius 3 is 2.45 bits per heavy atom. The zero-order valence-corrected chi connectivity index (χ0v) is 19.1. The number of non-ortho nitro benzene ring substituents is 1. The molecule has 0 atom stereocenters. The second-order valence-electron chi connectivity index (χ2n) is 8.44. The standard InChI is InChI=1S/C20H26N4O5S2/c1-31(28,29)15-11-16-18(17(12-15)24(26)27)30-20(21-19(16)25)23-9-7-22(8-10-23)13-14-5-3-2-4-6-14/h11-12,14H,2-10,13H2,1H3. The van der Waals surface area contributed by atoms with E-state index >= 15 is 0 Å². The van der Waals surface area contributed by atoms with Crippen molar-refractivity contribution in [1.29, 1.82) is 0 Å². The summed E-state index contributed by atoms with van der Waals surface area (Å²) in [7, 11) is -3.70. The van der Waals surface area contributed by atoms with Crippen molar-refractivity contribution in [2.24, 2.45) is 5.92 Å². The fourth-order valence-electron chi connectivity index (χ4n) is 4.46. The Kier molecular flexibility index (Phi) is 6.27. The molecule has 0 amide bonds. The van der Waals surface area contributed by atoms with E-state index in [4.69, 9.17) is 0 Å². The number of nitrogens with zero attached hydrogens (tertiary/aromatic N) is 4. The number of piperazine rings is 1. The average molecular weight is 467 g/mol. The molecule has 31 heavy (non-hydrogen) atoms. The van der Waals surface area contributed by atoms with Crippen LogP contribution in [-0.2, 0) is 9.84 Å². The first-order valence-corrected chi connectivity index (χ1v) is 13.2. The first-order chi connectivity index (χ1) is 14.7. The Bertz CT molecular complexity index is 1150. The maximum absolute atomic E-state index is 12.7. The first kappa shape index (κ1) is 22.1. The second-order valence-corrected chi connectivity index (χ2v) is 11.4. The van der Waals surface area contributed by atoms with Crippen molar-refractivity contribution in [3.8, 4) is 0 Å². The molecule has 1 aromatic carbocycles. The molecule has 1 aliphatic heterocycles. The van der Waals surface area contributed by atoms with Crippen molar-refractivity contribution in [2.45, 2.75) is 37.0 Å². The zero-order chi connectivity index (χ0) is 22.2. The fourth-order valence-corrected chi connectivity index (χ4v) is 6.23. The minimum atomic E-state index is -3.70. The van der Waals surface area contributed by atoms with Gasteiger partial charge in [-0.25, -0.2) is 8.42 Å². The predicted molar refractivity (Wildman–Crippen MR) is 121 cm³/mol. The summed E-state index contributed by atoms with van der Waals surface area (Å²) in [5.41, 5.74) is -1.01. The van der Waals surface area contributed by atoms with E-state index in [1.807, 2.05) is 4.90 Å². The predicted octanol–water partition coefficient (Wildman–Crippen LogP) is 2.67. The molecule has 0 N–H and O–H groups in total. The van der Waals surface area contributed by atoms with E-state index < -0.39 is 20.3 Å². The molecule has 0 radical (unpaired) electrons. The van der Waals surface area contributed by atoms with Gasteiger partial charge in [-0.2, -0.15) is 4.98 Å². The molecule has 168 valence electrons. The minimum absolute atomic E-state index is 0.0284. The molecule has 2 heterocycles. The minimum Gasteiger partial charge on any atom is -0.345 e. The number of nitro groups is 1. The Labute approximate surface area is 184 Å². The van der Waals surface area contributed by atoms with Crippen LogP contribution in [-0.4, -0.2) is 62.2 Å². The van der Waals surface area contributed by atoms with Crippen LogP contribution in [0.5, 0.6) is 0 Å². The van der Waals surface area contributed by atoms with Crippen molar-refractivity contribution in [2.75, 3.05) is 43.9 Å². The Balaban J connectivity index is 1.58. The Morgan fingerprint density at radius 1 is 1.16 bits per heavy atom. The highest BCUT2D eigenvalue weighted by Gasteiger charge is 2.26. The maximum atomic E-state index is 12.7. The number of hydrogen-bond acceptors (Lipinski definition) is 9. The number of nitro benzene ring substituents is 1. The van der Waals surface area contributed by atoms with Gasteiger partial charge in [0.25, 0.3) is 11.2 Å². The van der Waals surface area contributed by atoms with E-state index in [1.165, 1.54) is 38.2 Å². The largest absolute Gasteiger partial charge is 0.345 e. The number of fused-ring (bicyclic) bond motifs is 1. The number of sulfone groups is 1. The molecule has 11 heteroatoms. The van der Waals surface area contributed by atoms with Gasteiger partial charge < -0.3 is 4.90 Å². The van der Waals surface area contributed by atoms with Crippen LogP contribution in [0.1, 0.15) is 32.1 Å². The SMILES string of the molecule is CS(=O)(=O)c1cc([N+](=O)[O-])c2sc(N3CCN(CC4CCCCC4)CC3)nc(=O)c2c1. The summed E-state index contributed by atoms with van der Waals surface area (Å²) in [5.74, 6) is 0.766. The summed E-state index contributed by atoms with van der Waals surface area (Å²) in [6, 6.07) is 2.22. The monoisotopic (exact) mass is 466 g/mol. The van der Waals surface area contributed by atoms with Crippen LogP contribution in [0.2, 0.25) is 0 Å². The molecule has 2 fully saturated rings. The van der Waals surface area contributed by atoms with Gasteiger partial charge in [-0.15, -0.1) is 0 Å². The van der Waals surface area contributed by atoms with Crippen molar-refractivity contribution >= 4 is 42.1 Å². The highest BCUT2D eigenvalue weighted by molar-refractivity contribution is 7.90. The fraction of sp³-hybridized carbons (Fsp3) is 0.600. The van der Waals surface area contributed by atoms with Crippen molar-refractivity contribution in [3.05, 3.63) is 32.6 Å². The molecular weight excluding hydrogens is 440 g/mol. The number of anilines is 1. The summed E-state index contributed by atoms with van der Waals surface area (Å²) < 4.78 is 24.0. The second kappa shape index (κ2) is 8.79. The third kappa shape index (κ3) is 4.88. The lowest BCUT2D eigenvalue weighted by Crippen LogP contribution is -2.48. The lowest BCUT2D eigenvalue weighted by Gasteiger charge is -2.37. The first-order valence-electron chi connectivity index (χ1n) is 10.5. The van der Waals surface area contributed by atoms with E-state index in [0.717, 1.165) is 49.2 Å². The van der Waals surface area contributed by atoms with Gasteiger partial charge in [0.2, 0.25) is 0 Å². The highest BCUT2D eigenvalue weighted by atomic mass is 32.2. The highest BCUT2D eigenvalue weighted by Crippen LogP contribution is 2.34. The molecule has 1 saturated carbocycles.